The zero-order valence-corrected chi connectivity index (χ0v) is 8.87. The average Bonchev–Trinajstić information content (AvgIpc) is 2.63. The van der Waals surface area contributed by atoms with Crippen LogP contribution < -0.4 is 5.32 Å². The van der Waals surface area contributed by atoms with E-state index in [0.29, 0.717) is 0 Å². The number of imidazole rings is 1. The van der Waals surface area contributed by atoms with Gasteiger partial charge in [0.2, 0.25) is 0 Å². The fourth-order valence-corrected chi connectivity index (χ4v) is 2.11. The third-order valence-electron chi connectivity index (χ3n) is 3.07. The molecule has 0 aromatic carbocycles. The first-order valence-corrected chi connectivity index (χ1v) is 5.56. The molecule has 1 heterocycles. The second-order valence-corrected chi connectivity index (χ2v) is 4.17. The van der Waals surface area contributed by atoms with Gasteiger partial charge in [-0.3, -0.25) is 0 Å². The second kappa shape index (κ2) is 4.60. The van der Waals surface area contributed by atoms with Crippen LogP contribution in [-0.4, -0.2) is 15.6 Å². The summed E-state index contributed by atoms with van der Waals surface area (Å²) in [6.45, 7) is 0.911. The van der Waals surface area contributed by atoms with Crippen LogP contribution in [0.15, 0.2) is 12.4 Å². The minimum atomic E-state index is 0.723. The van der Waals surface area contributed by atoms with Gasteiger partial charge in [-0.2, -0.15) is 0 Å². The van der Waals surface area contributed by atoms with Crippen LogP contribution in [0.4, 0.5) is 0 Å². The van der Waals surface area contributed by atoms with E-state index in [1.54, 1.807) is 0 Å². The molecule has 2 rings (SSSR count). The average molecular weight is 193 g/mol. The van der Waals surface area contributed by atoms with Crippen molar-refractivity contribution in [3.8, 4) is 0 Å². The van der Waals surface area contributed by atoms with Crippen LogP contribution in [0, 0.1) is 0 Å². The van der Waals surface area contributed by atoms with Gasteiger partial charge in [-0.15, -0.1) is 0 Å². The second-order valence-electron chi connectivity index (χ2n) is 4.17. The Bertz CT molecular complexity index is 274. The van der Waals surface area contributed by atoms with Crippen molar-refractivity contribution < 1.29 is 0 Å². The number of nitrogens with one attached hydrogen (secondary N) is 1. The van der Waals surface area contributed by atoms with Crippen LogP contribution in [-0.2, 0) is 13.6 Å². The summed E-state index contributed by atoms with van der Waals surface area (Å²) in [5.41, 5.74) is 0. The van der Waals surface area contributed by atoms with Gasteiger partial charge in [0.05, 0.1) is 6.54 Å². The molecule has 3 nitrogen and oxygen atoms in total. The zero-order chi connectivity index (χ0) is 9.80. The molecule has 3 heteroatoms. The molecule has 1 aliphatic rings. The number of hydrogen-bond donors (Lipinski definition) is 1. The van der Waals surface area contributed by atoms with Crippen molar-refractivity contribution in [1.29, 1.82) is 0 Å². The lowest BCUT2D eigenvalue weighted by molar-refractivity contribution is 0.368. The maximum Gasteiger partial charge on any atom is 0.122 e. The topological polar surface area (TPSA) is 29.9 Å². The summed E-state index contributed by atoms with van der Waals surface area (Å²) in [5.74, 6) is 1.13. The smallest absolute Gasteiger partial charge is 0.122 e. The molecule has 0 atom stereocenters. The molecule has 1 aromatic heterocycles. The number of rotatable bonds is 3. The zero-order valence-electron chi connectivity index (χ0n) is 8.87. The van der Waals surface area contributed by atoms with Crippen molar-refractivity contribution in [1.82, 2.24) is 14.9 Å². The van der Waals surface area contributed by atoms with E-state index in [2.05, 4.69) is 14.9 Å². The molecule has 0 bridgehead atoms. The highest BCUT2D eigenvalue weighted by Gasteiger charge is 2.12. The Balaban J connectivity index is 1.79. The van der Waals surface area contributed by atoms with E-state index in [0.717, 1.165) is 18.4 Å². The number of aromatic nitrogens is 2. The van der Waals surface area contributed by atoms with Gasteiger partial charge in [0.25, 0.3) is 0 Å². The quantitative estimate of drug-likeness (QED) is 0.794. The van der Waals surface area contributed by atoms with Crippen molar-refractivity contribution in [2.45, 2.75) is 44.7 Å². The van der Waals surface area contributed by atoms with Crippen LogP contribution in [0.3, 0.4) is 0 Å². The molecule has 1 aromatic rings. The summed E-state index contributed by atoms with van der Waals surface area (Å²) in [6, 6.07) is 0.723. The first kappa shape index (κ1) is 9.71. The maximum absolute atomic E-state index is 4.30. The predicted molar refractivity (Wildman–Crippen MR) is 56.9 cm³/mol. The van der Waals surface area contributed by atoms with Gasteiger partial charge in [0.15, 0.2) is 0 Å². The molecular weight excluding hydrogens is 174 g/mol. The lowest BCUT2D eigenvalue weighted by Gasteiger charge is -2.22. The summed E-state index contributed by atoms with van der Waals surface area (Å²) in [7, 11) is 2.05. The Morgan fingerprint density at radius 2 is 2.21 bits per heavy atom. The minimum absolute atomic E-state index is 0.723. The van der Waals surface area contributed by atoms with E-state index in [9.17, 15) is 0 Å². The number of aryl methyl sites for hydroxylation is 1. The van der Waals surface area contributed by atoms with E-state index < -0.39 is 0 Å². The molecule has 0 amide bonds. The van der Waals surface area contributed by atoms with Gasteiger partial charge < -0.3 is 9.88 Å². The van der Waals surface area contributed by atoms with E-state index in [1.807, 2.05) is 19.4 Å². The summed E-state index contributed by atoms with van der Waals surface area (Å²) >= 11 is 0. The standard InChI is InChI=1S/C11H19N3/c1-14-8-7-12-11(14)9-13-10-5-3-2-4-6-10/h7-8,10,13H,2-6,9H2,1H3. The summed E-state index contributed by atoms with van der Waals surface area (Å²) in [6.07, 6.45) is 10.7. The SMILES string of the molecule is Cn1ccnc1CNC1CCCCC1. The summed E-state index contributed by atoms with van der Waals surface area (Å²) in [4.78, 5) is 4.30. The predicted octanol–water partition coefficient (Wildman–Crippen LogP) is 1.84. The largest absolute Gasteiger partial charge is 0.337 e. The highest BCUT2D eigenvalue weighted by Crippen LogP contribution is 2.17. The molecule has 0 saturated heterocycles. The van der Waals surface area contributed by atoms with Crippen LogP contribution in [0.5, 0.6) is 0 Å². The third kappa shape index (κ3) is 2.35. The van der Waals surface area contributed by atoms with Crippen molar-refractivity contribution in [2.75, 3.05) is 0 Å². The van der Waals surface area contributed by atoms with Crippen LogP contribution in [0.1, 0.15) is 37.9 Å². The highest BCUT2D eigenvalue weighted by molar-refractivity contribution is 4.91. The van der Waals surface area contributed by atoms with E-state index in [4.69, 9.17) is 0 Å². The molecule has 0 unspecified atom stereocenters. The van der Waals surface area contributed by atoms with Gasteiger partial charge in [0.1, 0.15) is 5.82 Å². The monoisotopic (exact) mass is 193 g/mol. The first-order valence-electron chi connectivity index (χ1n) is 5.56. The van der Waals surface area contributed by atoms with Crippen molar-refractivity contribution in [3.63, 3.8) is 0 Å². The third-order valence-corrected chi connectivity index (χ3v) is 3.07. The van der Waals surface area contributed by atoms with Crippen LogP contribution in [0.2, 0.25) is 0 Å². The molecular formula is C11H19N3. The molecule has 14 heavy (non-hydrogen) atoms. The van der Waals surface area contributed by atoms with Gasteiger partial charge in [-0.25, -0.2) is 4.98 Å². The molecule has 78 valence electrons. The Labute approximate surface area is 85.5 Å². The fraction of sp³-hybridized carbons (Fsp3) is 0.727. The lowest BCUT2D eigenvalue weighted by atomic mass is 9.95. The molecule has 1 fully saturated rings. The molecule has 1 saturated carbocycles. The highest BCUT2D eigenvalue weighted by atomic mass is 15.1. The lowest BCUT2D eigenvalue weighted by Crippen LogP contribution is -2.31. The van der Waals surface area contributed by atoms with E-state index in [1.165, 1.54) is 32.1 Å². The van der Waals surface area contributed by atoms with Gasteiger partial charge in [-0.1, -0.05) is 19.3 Å². The van der Waals surface area contributed by atoms with Gasteiger partial charge in [0, 0.05) is 25.5 Å². The Morgan fingerprint density at radius 1 is 1.43 bits per heavy atom. The van der Waals surface area contributed by atoms with Crippen molar-refractivity contribution >= 4 is 0 Å². The summed E-state index contributed by atoms with van der Waals surface area (Å²) in [5, 5.41) is 3.58. The Kier molecular flexibility index (Phi) is 3.19. The molecule has 1 N–H and O–H groups in total. The Morgan fingerprint density at radius 3 is 2.86 bits per heavy atom. The summed E-state index contributed by atoms with van der Waals surface area (Å²) < 4.78 is 2.08. The fourth-order valence-electron chi connectivity index (χ4n) is 2.11. The number of nitrogens with zero attached hydrogens (tertiary/aromatic N) is 2. The minimum Gasteiger partial charge on any atom is -0.337 e. The van der Waals surface area contributed by atoms with Crippen molar-refractivity contribution in [3.05, 3.63) is 18.2 Å². The molecule has 0 radical (unpaired) electrons. The van der Waals surface area contributed by atoms with Gasteiger partial charge in [-0.05, 0) is 12.8 Å². The van der Waals surface area contributed by atoms with E-state index >= 15 is 0 Å². The van der Waals surface area contributed by atoms with Crippen LogP contribution in [0.25, 0.3) is 0 Å². The molecule has 1 aliphatic carbocycles. The number of hydrogen-bond acceptors (Lipinski definition) is 2. The van der Waals surface area contributed by atoms with Crippen LogP contribution >= 0.6 is 0 Å². The normalized spacial score (nSPS) is 18.6. The maximum atomic E-state index is 4.30. The van der Waals surface area contributed by atoms with Crippen molar-refractivity contribution in [2.24, 2.45) is 7.05 Å². The molecule has 0 spiro atoms. The Hall–Kier alpha value is -0.830. The first-order chi connectivity index (χ1) is 6.86. The molecule has 0 aliphatic heterocycles. The van der Waals surface area contributed by atoms with E-state index in [-0.39, 0.29) is 0 Å². The van der Waals surface area contributed by atoms with Gasteiger partial charge >= 0.3 is 0 Å².